The summed E-state index contributed by atoms with van der Waals surface area (Å²) in [6, 6.07) is 9.03. The van der Waals surface area contributed by atoms with Crippen molar-refractivity contribution >= 4 is 5.91 Å². The van der Waals surface area contributed by atoms with Crippen molar-refractivity contribution in [1.29, 1.82) is 0 Å². The lowest BCUT2D eigenvalue weighted by Crippen LogP contribution is -2.46. The smallest absolute Gasteiger partial charge is 0.224 e. The van der Waals surface area contributed by atoms with Crippen molar-refractivity contribution in [3.05, 3.63) is 35.4 Å². The van der Waals surface area contributed by atoms with Crippen molar-refractivity contribution in [3.63, 3.8) is 0 Å². The number of hydrogen-bond donors (Lipinski definition) is 2. The molecule has 1 atom stereocenters. The van der Waals surface area contributed by atoms with Crippen LogP contribution in [-0.4, -0.2) is 41.1 Å². The van der Waals surface area contributed by atoms with E-state index >= 15 is 0 Å². The molecule has 2 saturated carbocycles. The Balaban J connectivity index is 1.37. The Morgan fingerprint density at radius 1 is 1.07 bits per heavy atom. The summed E-state index contributed by atoms with van der Waals surface area (Å²) < 4.78 is 0. The van der Waals surface area contributed by atoms with E-state index in [2.05, 4.69) is 34.5 Å². The summed E-state index contributed by atoms with van der Waals surface area (Å²) >= 11 is 0. The zero-order valence-electron chi connectivity index (χ0n) is 17.9. The van der Waals surface area contributed by atoms with Gasteiger partial charge in [0, 0.05) is 26.1 Å². The maximum atomic E-state index is 13.2. The number of benzene rings is 1. The van der Waals surface area contributed by atoms with Gasteiger partial charge in [-0.3, -0.25) is 4.79 Å². The highest BCUT2D eigenvalue weighted by Crippen LogP contribution is 2.42. The fourth-order valence-electron chi connectivity index (χ4n) is 5.88. The molecule has 0 saturated heterocycles. The van der Waals surface area contributed by atoms with Crippen molar-refractivity contribution in [3.8, 4) is 0 Å². The minimum absolute atomic E-state index is 0.260. The molecule has 2 fully saturated rings. The summed E-state index contributed by atoms with van der Waals surface area (Å²) in [5.74, 6) is 0.878. The van der Waals surface area contributed by atoms with E-state index in [1.165, 1.54) is 49.7 Å². The molecule has 29 heavy (non-hydrogen) atoms. The zero-order valence-corrected chi connectivity index (χ0v) is 17.9. The molecule has 160 valence electrons. The number of fused-ring (bicyclic) bond motifs is 1. The average Bonchev–Trinajstić information content (AvgIpc) is 2.77. The van der Waals surface area contributed by atoms with E-state index in [9.17, 15) is 9.90 Å². The Bertz CT molecular complexity index is 677. The number of amides is 1. The van der Waals surface area contributed by atoms with Crippen molar-refractivity contribution in [2.75, 3.05) is 19.6 Å². The molecule has 2 N–H and O–H groups in total. The number of rotatable bonds is 6. The van der Waals surface area contributed by atoms with Gasteiger partial charge in [0.05, 0.1) is 11.6 Å². The zero-order chi connectivity index (χ0) is 20.1. The second-order valence-corrected chi connectivity index (χ2v) is 9.59. The Morgan fingerprint density at radius 3 is 2.59 bits per heavy atom. The number of hydrogen-bond acceptors (Lipinski definition) is 3. The second-order valence-electron chi connectivity index (χ2n) is 9.59. The molecule has 1 amide bonds. The van der Waals surface area contributed by atoms with Crippen LogP contribution in [0.15, 0.2) is 24.3 Å². The predicted octanol–water partition coefficient (Wildman–Crippen LogP) is 4.37. The van der Waals surface area contributed by atoms with Crippen molar-refractivity contribution in [2.45, 2.75) is 88.7 Å². The summed E-state index contributed by atoms with van der Waals surface area (Å²) in [6.07, 6.45) is 13.2. The van der Waals surface area contributed by atoms with Crippen molar-refractivity contribution in [2.24, 2.45) is 5.92 Å². The lowest BCUT2D eigenvalue weighted by molar-refractivity contribution is -0.135. The Hall–Kier alpha value is -1.39. The Kier molecular flexibility index (Phi) is 6.92. The van der Waals surface area contributed by atoms with Gasteiger partial charge in [-0.05, 0) is 49.1 Å². The van der Waals surface area contributed by atoms with E-state index in [4.69, 9.17) is 0 Å². The second kappa shape index (κ2) is 9.61. The first-order valence-electron chi connectivity index (χ1n) is 12.0. The van der Waals surface area contributed by atoms with Gasteiger partial charge in [-0.1, -0.05) is 62.8 Å². The van der Waals surface area contributed by atoms with Gasteiger partial charge in [0.25, 0.3) is 0 Å². The van der Waals surface area contributed by atoms with Crippen molar-refractivity contribution in [1.82, 2.24) is 10.2 Å². The molecule has 1 aromatic rings. The molecule has 1 heterocycles. The lowest BCUT2D eigenvalue weighted by atomic mass is 9.77. The largest absolute Gasteiger partial charge is 0.389 e. The van der Waals surface area contributed by atoms with Crippen LogP contribution in [0.25, 0.3) is 0 Å². The van der Waals surface area contributed by atoms with Gasteiger partial charge in [0.2, 0.25) is 5.91 Å². The van der Waals surface area contributed by atoms with Crippen LogP contribution >= 0.6 is 0 Å². The molecule has 1 unspecified atom stereocenters. The van der Waals surface area contributed by atoms with Crippen molar-refractivity contribution < 1.29 is 9.90 Å². The van der Waals surface area contributed by atoms with E-state index in [-0.39, 0.29) is 11.9 Å². The summed E-state index contributed by atoms with van der Waals surface area (Å²) in [5, 5.41) is 14.0. The molecule has 3 aliphatic rings. The monoisotopic (exact) mass is 398 g/mol. The first-order valence-corrected chi connectivity index (χ1v) is 12.0. The van der Waals surface area contributed by atoms with Crippen LogP contribution in [0.4, 0.5) is 0 Å². The molecule has 4 nitrogen and oxygen atoms in total. The van der Waals surface area contributed by atoms with Gasteiger partial charge < -0.3 is 15.3 Å². The van der Waals surface area contributed by atoms with Crippen LogP contribution in [0, 0.1) is 5.92 Å². The molecular formula is C25H38N2O2. The van der Waals surface area contributed by atoms with E-state index in [0.29, 0.717) is 25.4 Å². The van der Waals surface area contributed by atoms with Crippen LogP contribution in [0.5, 0.6) is 0 Å². The highest BCUT2D eigenvalue weighted by molar-refractivity contribution is 5.77. The van der Waals surface area contributed by atoms with Gasteiger partial charge in [-0.25, -0.2) is 0 Å². The molecule has 1 aromatic carbocycles. The number of nitrogens with zero attached hydrogens (tertiary/aromatic N) is 1. The minimum Gasteiger partial charge on any atom is -0.389 e. The number of aliphatic hydroxyl groups is 1. The molecule has 0 radical (unpaired) electrons. The molecule has 0 aromatic heterocycles. The van der Waals surface area contributed by atoms with Gasteiger partial charge in [0.1, 0.15) is 0 Å². The predicted molar refractivity (Wildman–Crippen MR) is 117 cm³/mol. The third kappa shape index (κ3) is 5.03. The maximum absolute atomic E-state index is 13.2. The van der Waals surface area contributed by atoms with E-state index in [1.54, 1.807) is 0 Å². The standard InChI is InChI=1S/C25H38N2O2/c28-23(13-17-26-19-25(29)15-7-2-8-16-25)27-18-14-20-9-5-6-12-22(20)24(27)21-10-3-1-4-11-21/h5-6,9,12,21,24,26,29H,1-4,7-8,10-11,13-19H2. The van der Waals surface area contributed by atoms with Gasteiger partial charge >= 0.3 is 0 Å². The minimum atomic E-state index is -0.560. The molecular weight excluding hydrogens is 360 g/mol. The fraction of sp³-hybridized carbons (Fsp3) is 0.720. The number of carbonyl (C=O) groups excluding carboxylic acids is 1. The topological polar surface area (TPSA) is 52.6 Å². The van der Waals surface area contributed by atoms with Gasteiger partial charge in [-0.15, -0.1) is 0 Å². The first kappa shape index (κ1) is 20.9. The average molecular weight is 399 g/mol. The van der Waals surface area contributed by atoms with Crippen LogP contribution < -0.4 is 5.32 Å². The molecule has 4 rings (SSSR count). The maximum Gasteiger partial charge on any atom is 0.224 e. The van der Waals surface area contributed by atoms with E-state index in [1.807, 2.05) is 0 Å². The molecule has 4 heteroatoms. The summed E-state index contributed by atoms with van der Waals surface area (Å²) in [6.45, 7) is 2.13. The van der Waals surface area contributed by atoms with Crippen LogP contribution in [0.2, 0.25) is 0 Å². The highest BCUT2D eigenvalue weighted by Gasteiger charge is 2.36. The normalized spacial score (nSPS) is 24.9. The third-order valence-electron chi connectivity index (χ3n) is 7.50. The third-order valence-corrected chi connectivity index (χ3v) is 7.50. The molecule has 0 bridgehead atoms. The number of nitrogens with one attached hydrogen (secondary N) is 1. The van der Waals surface area contributed by atoms with Crippen LogP contribution in [0.1, 0.15) is 87.8 Å². The lowest BCUT2D eigenvalue weighted by Gasteiger charge is -2.43. The molecule has 0 spiro atoms. The van der Waals surface area contributed by atoms with Gasteiger partial charge in [-0.2, -0.15) is 0 Å². The summed E-state index contributed by atoms with van der Waals surface area (Å²) in [4.78, 5) is 15.4. The fourth-order valence-corrected chi connectivity index (χ4v) is 5.88. The first-order chi connectivity index (χ1) is 14.2. The number of carbonyl (C=O) groups is 1. The SMILES string of the molecule is O=C(CCNCC1(O)CCCCC1)N1CCc2ccccc2C1C1CCCCC1. The van der Waals surface area contributed by atoms with Gasteiger partial charge in [0.15, 0.2) is 0 Å². The summed E-state index contributed by atoms with van der Waals surface area (Å²) in [7, 11) is 0. The molecule has 2 aliphatic carbocycles. The Morgan fingerprint density at radius 2 is 1.79 bits per heavy atom. The van der Waals surface area contributed by atoms with E-state index < -0.39 is 5.60 Å². The quantitative estimate of drug-likeness (QED) is 0.700. The Labute approximate surface area is 176 Å². The van der Waals surface area contributed by atoms with E-state index in [0.717, 1.165) is 38.6 Å². The highest BCUT2D eigenvalue weighted by atomic mass is 16.3. The van der Waals surface area contributed by atoms with Crippen LogP contribution in [0.3, 0.4) is 0 Å². The summed E-state index contributed by atoms with van der Waals surface area (Å²) in [5.41, 5.74) is 2.27. The molecule has 1 aliphatic heterocycles. The van der Waals surface area contributed by atoms with Crippen LogP contribution in [-0.2, 0) is 11.2 Å².